The third kappa shape index (κ3) is 5.18. The highest BCUT2D eigenvalue weighted by atomic mass is 16.6. The van der Waals surface area contributed by atoms with E-state index in [2.05, 4.69) is 15.6 Å². The number of guanidine groups is 1. The van der Waals surface area contributed by atoms with Crippen LogP contribution in [0.5, 0.6) is 11.5 Å². The molecular formula is C27H26N6O3. The molecule has 2 heterocycles. The Balaban J connectivity index is 1.36. The summed E-state index contributed by atoms with van der Waals surface area (Å²) in [5.41, 5.74) is 2.47. The van der Waals surface area contributed by atoms with Gasteiger partial charge in [0, 0.05) is 37.1 Å². The second-order valence-electron chi connectivity index (χ2n) is 8.38. The zero-order chi connectivity index (χ0) is 24.7. The fourth-order valence-corrected chi connectivity index (χ4v) is 4.37. The molecule has 0 aliphatic carbocycles. The summed E-state index contributed by atoms with van der Waals surface area (Å²) in [6.45, 7) is 2.41. The van der Waals surface area contributed by atoms with Crippen molar-refractivity contribution in [2.24, 2.45) is 4.99 Å². The van der Waals surface area contributed by atoms with Crippen molar-refractivity contribution in [1.82, 2.24) is 9.80 Å². The fraction of sp³-hybridized carbons (Fsp3) is 0.222. The number of nitrogens with zero attached hydrogens (tertiary/aromatic N) is 4. The number of carbonyl (C=O) groups is 1. The molecule has 3 aromatic rings. The Hall–Kier alpha value is -4.71. The quantitative estimate of drug-likeness (QED) is 0.328. The van der Waals surface area contributed by atoms with Gasteiger partial charge in [0.25, 0.3) is 0 Å². The lowest BCUT2D eigenvalue weighted by Gasteiger charge is -2.42. The third-order valence-electron chi connectivity index (χ3n) is 6.10. The number of nitrogens with one attached hydrogen (secondary N) is 2. The zero-order valence-corrected chi connectivity index (χ0v) is 19.6. The van der Waals surface area contributed by atoms with Gasteiger partial charge in [-0.3, -0.25) is 0 Å². The molecule has 182 valence electrons. The van der Waals surface area contributed by atoms with Crippen molar-refractivity contribution in [3.05, 3.63) is 84.4 Å². The highest BCUT2D eigenvalue weighted by molar-refractivity contribution is 5.95. The van der Waals surface area contributed by atoms with Gasteiger partial charge in [0.1, 0.15) is 13.2 Å². The molecule has 1 fully saturated rings. The van der Waals surface area contributed by atoms with E-state index in [0.717, 1.165) is 11.3 Å². The number of rotatable bonds is 3. The highest BCUT2D eigenvalue weighted by Gasteiger charge is 2.33. The van der Waals surface area contributed by atoms with Crippen LogP contribution in [0.15, 0.2) is 83.9 Å². The lowest BCUT2D eigenvalue weighted by molar-refractivity contribution is 0.136. The Kier molecular flexibility index (Phi) is 6.85. The van der Waals surface area contributed by atoms with E-state index in [4.69, 9.17) is 9.47 Å². The van der Waals surface area contributed by atoms with Crippen molar-refractivity contribution < 1.29 is 14.3 Å². The van der Waals surface area contributed by atoms with Gasteiger partial charge in [-0.05, 0) is 29.8 Å². The molecule has 0 spiro atoms. The molecule has 0 saturated carbocycles. The smallest absolute Gasteiger partial charge is 0.322 e. The minimum Gasteiger partial charge on any atom is -0.486 e. The van der Waals surface area contributed by atoms with Gasteiger partial charge in [0.05, 0.1) is 6.04 Å². The number of fused-ring (bicyclic) bond motifs is 1. The van der Waals surface area contributed by atoms with E-state index in [-0.39, 0.29) is 12.1 Å². The van der Waals surface area contributed by atoms with Crippen LogP contribution in [0.1, 0.15) is 11.6 Å². The van der Waals surface area contributed by atoms with E-state index < -0.39 is 0 Å². The first-order chi connectivity index (χ1) is 17.7. The number of hydrogen-bond donors (Lipinski definition) is 2. The predicted octanol–water partition coefficient (Wildman–Crippen LogP) is 4.30. The number of piperazine rings is 1. The summed E-state index contributed by atoms with van der Waals surface area (Å²) in [7, 11) is 0. The minimum absolute atomic E-state index is 0.213. The first-order valence-corrected chi connectivity index (χ1v) is 11.8. The second kappa shape index (κ2) is 10.7. The summed E-state index contributed by atoms with van der Waals surface area (Å²) >= 11 is 0. The molecule has 9 nitrogen and oxygen atoms in total. The lowest BCUT2D eigenvalue weighted by atomic mass is 10.0. The maximum Gasteiger partial charge on any atom is 0.322 e. The predicted molar refractivity (Wildman–Crippen MR) is 137 cm³/mol. The summed E-state index contributed by atoms with van der Waals surface area (Å²) in [6.07, 6.45) is 1.90. The summed E-state index contributed by atoms with van der Waals surface area (Å²) < 4.78 is 11.2. The number of nitriles is 1. The van der Waals surface area contributed by atoms with Crippen LogP contribution in [-0.2, 0) is 0 Å². The van der Waals surface area contributed by atoms with Crippen LogP contribution in [0.2, 0.25) is 0 Å². The average Bonchev–Trinajstić information content (AvgIpc) is 2.93. The summed E-state index contributed by atoms with van der Waals surface area (Å²) in [5.74, 6) is 1.74. The SMILES string of the molecule is N#C/N=C(\Nc1ccccc1)N1CCN(C(=O)Nc2ccc3c(c2)OCCO3)C(c2ccccc2)C1. The topological polar surface area (TPSA) is 102 Å². The van der Waals surface area contributed by atoms with E-state index in [1.165, 1.54) is 0 Å². The standard InChI is InChI=1S/C27H26N6O3/c28-19-29-26(30-21-9-5-2-6-10-21)32-13-14-33(23(18-32)20-7-3-1-4-8-20)27(34)31-22-11-12-24-25(17-22)36-16-15-35-24/h1-12,17,23H,13-16,18H2,(H,29,30)(H,31,34). The van der Waals surface area contributed by atoms with Crippen molar-refractivity contribution in [2.75, 3.05) is 43.5 Å². The average molecular weight is 483 g/mol. The normalized spacial score (nSPS) is 17.2. The number of amides is 2. The molecule has 0 aromatic heterocycles. The summed E-state index contributed by atoms with van der Waals surface area (Å²) in [6, 6.07) is 24.4. The number of anilines is 2. The van der Waals surface area contributed by atoms with E-state index in [0.29, 0.717) is 56.0 Å². The van der Waals surface area contributed by atoms with Crippen LogP contribution in [0.3, 0.4) is 0 Å². The monoisotopic (exact) mass is 482 g/mol. The molecule has 0 bridgehead atoms. The van der Waals surface area contributed by atoms with Crippen LogP contribution < -0.4 is 20.1 Å². The second-order valence-corrected chi connectivity index (χ2v) is 8.38. The van der Waals surface area contributed by atoms with Gasteiger partial charge in [-0.25, -0.2) is 4.79 Å². The molecule has 2 amide bonds. The first kappa shape index (κ1) is 23.1. The van der Waals surface area contributed by atoms with E-state index in [9.17, 15) is 10.1 Å². The fourth-order valence-electron chi connectivity index (χ4n) is 4.37. The Bertz CT molecular complexity index is 1280. The summed E-state index contributed by atoms with van der Waals surface area (Å²) in [4.78, 5) is 21.3. The molecule has 9 heteroatoms. The van der Waals surface area contributed by atoms with Crippen molar-refractivity contribution in [3.8, 4) is 17.7 Å². The van der Waals surface area contributed by atoms with E-state index >= 15 is 0 Å². The maximum absolute atomic E-state index is 13.4. The van der Waals surface area contributed by atoms with Crippen molar-refractivity contribution >= 4 is 23.4 Å². The number of hydrogen-bond acceptors (Lipinski definition) is 5. The molecule has 3 aromatic carbocycles. The molecule has 2 N–H and O–H groups in total. The maximum atomic E-state index is 13.4. The van der Waals surface area contributed by atoms with Crippen molar-refractivity contribution in [2.45, 2.75) is 6.04 Å². The number of para-hydroxylation sites is 1. The lowest BCUT2D eigenvalue weighted by Crippen LogP contribution is -2.54. The Morgan fingerprint density at radius 2 is 1.61 bits per heavy atom. The Morgan fingerprint density at radius 1 is 0.889 bits per heavy atom. The molecular weight excluding hydrogens is 456 g/mol. The Morgan fingerprint density at radius 3 is 2.36 bits per heavy atom. The van der Waals surface area contributed by atoms with Crippen LogP contribution in [0, 0.1) is 11.5 Å². The molecule has 1 atom stereocenters. The van der Waals surface area contributed by atoms with Gasteiger partial charge < -0.3 is 29.9 Å². The molecule has 1 unspecified atom stereocenters. The molecule has 2 aliphatic rings. The zero-order valence-electron chi connectivity index (χ0n) is 19.6. The van der Waals surface area contributed by atoms with Gasteiger partial charge in [-0.1, -0.05) is 48.5 Å². The number of ether oxygens (including phenoxy) is 2. The highest BCUT2D eigenvalue weighted by Crippen LogP contribution is 2.33. The van der Waals surface area contributed by atoms with Gasteiger partial charge in [-0.15, -0.1) is 4.99 Å². The van der Waals surface area contributed by atoms with Gasteiger partial charge in [0.15, 0.2) is 11.5 Å². The third-order valence-corrected chi connectivity index (χ3v) is 6.10. The van der Waals surface area contributed by atoms with Crippen LogP contribution in [-0.4, -0.2) is 54.6 Å². The summed E-state index contributed by atoms with van der Waals surface area (Å²) in [5, 5.41) is 15.6. The van der Waals surface area contributed by atoms with Crippen molar-refractivity contribution in [3.63, 3.8) is 0 Å². The molecule has 0 radical (unpaired) electrons. The van der Waals surface area contributed by atoms with Crippen LogP contribution in [0.4, 0.5) is 16.2 Å². The van der Waals surface area contributed by atoms with Gasteiger partial charge in [0.2, 0.25) is 12.2 Å². The van der Waals surface area contributed by atoms with Gasteiger partial charge in [-0.2, -0.15) is 5.26 Å². The Labute approximate surface area is 209 Å². The van der Waals surface area contributed by atoms with E-state index in [1.807, 2.05) is 76.7 Å². The van der Waals surface area contributed by atoms with Gasteiger partial charge >= 0.3 is 6.03 Å². The van der Waals surface area contributed by atoms with Crippen LogP contribution in [0.25, 0.3) is 0 Å². The molecule has 1 saturated heterocycles. The van der Waals surface area contributed by atoms with Crippen molar-refractivity contribution in [1.29, 1.82) is 5.26 Å². The number of carbonyl (C=O) groups excluding carboxylic acids is 1. The number of urea groups is 1. The molecule has 2 aliphatic heterocycles. The number of benzene rings is 3. The van der Waals surface area contributed by atoms with Crippen LogP contribution >= 0.6 is 0 Å². The minimum atomic E-state index is -0.251. The largest absolute Gasteiger partial charge is 0.486 e. The molecule has 36 heavy (non-hydrogen) atoms. The first-order valence-electron chi connectivity index (χ1n) is 11.8. The number of aliphatic imine (C=N–C) groups is 1. The molecule has 5 rings (SSSR count). The van der Waals surface area contributed by atoms with E-state index in [1.54, 1.807) is 18.2 Å².